The van der Waals surface area contributed by atoms with Gasteiger partial charge in [-0.3, -0.25) is 0 Å². The van der Waals surface area contributed by atoms with E-state index in [1.54, 1.807) is 0 Å². The van der Waals surface area contributed by atoms with Crippen molar-refractivity contribution in [2.24, 2.45) is 0 Å². The van der Waals surface area contributed by atoms with E-state index < -0.39 is 7.05 Å². The van der Waals surface area contributed by atoms with Crippen molar-refractivity contribution in [1.29, 1.82) is 0 Å². The molecule has 1 aliphatic rings. The summed E-state index contributed by atoms with van der Waals surface area (Å²) in [6.45, 7) is 1.87. The highest BCUT2D eigenvalue weighted by molar-refractivity contribution is 6.45. The highest BCUT2D eigenvalue weighted by Gasteiger charge is 2.38. The average Bonchev–Trinajstić information content (AvgIpc) is 2.94. The third kappa shape index (κ3) is 2.51. The summed E-state index contributed by atoms with van der Waals surface area (Å²) in [6.07, 6.45) is 2.18. The van der Waals surface area contributed by atoms with Gasteiger partial charge in [-0.2, -0.15) is 0 Å². The second-order valence-electron chi connectivity index (χ2n) is 5.51. The molecule has 2 atom stereocenters. The van der Waals surface area contributed by atoms with Crippen molar-refractivity contribution < 1.29 is 5.02 Å². The Hall–Kier alpha value is -1.58. The molecule has 20 heavy (non-hydrogen) atoms. The van der Waals surface area contributed by atoms with Crippen molar-refractivity contribution >= 4 is 7.05 Å². The first kappa shape index (κ1) is 13.4. The van der Waals surface area contributed by atoms with Gasteiger partial charge in [0.25, 0.3) is 0 Å². The molecule has 102 valence electrons. The second-order valence-corrected chi connectivity index (χ2v) is 5.51. The van der Waals surface area contributed by atoms with Crippen LogP contribution in [0.3, 0.4) is 0 Å². The molecule has 1 aliphatic heterocycles. The van der Waals surface area contributed by atoms with E-state index >= 15 is 0 Å². The normalized spacial score (nSPS) is 22.9. The van der Waals surface area contributed by atoms with Gasteiger partial charge in [-0.25, -0.2) is 0 Å². The zero-order chi connectivity index (χ0) is 13.9. The Bertz CT molecular complexity index is 496. The molecule has 2 aromatic rings. The van der Waals surface area contributed by atoms with Gasteiger partial charge in [0.1, 0.15) is 0 Å². The fraction of sp³-hybridized carbons (Fsp3) is 0.294. The van der Waals surface area contributed by atoms with Gasteiger partial charge < -0.3 is 9.83 Å². The molecule has 0 aliphatic carbocycles. The zero-order valence-electron chi connectivity index (χ0n) is 11.8. The Labute approximate surface area is 121 Å². The molecule has 0 saturated carbocycles. The van der Waals surface area contributed by atoms with Crippen LogP contribution in [0.4, 0.5) is 0 Å². The second kappa shape index (κ2) is 5.82. The van der Waals surface area contributed by atoms with Crippen molar-refractivity contribution in [3.8, 4) is 0 Å². The maximum absolute atomic E-state index is 10.2. The molecule has 1 fully saturated rings. The first-order chi connectivity index (χ1) is 9.77. The molecule has 0 radical (unpaired) electrons. The predicted molar refractivity (Wildman–Crippen MR) is 83.3 cm³/mol. The van der Waals surface area contributed by atoms with E-state index in [4.69, 9.17) is 0 Å². The van der Waals surface area contributed by atoms with Gasteiger partial charge in [0, 0.05) is 12.1 Å². The van der Waals surface area contributed by atoms with Crippen LogP contribution in [-0.2, 0) is 0 Å². The third-order valence-electron chi connectivity index (χ3n) is 4.23. The Morgan fingerprint density at radius 2 is 1.25 bits per heavy atom. The van der Waals surface area contributed by atoms with E-state index in [-0.39, 0.29) is 0 Å². The summed E-state index contributed by atoms with van der Waals surface area (Å²) in [5.41, 5.74) is 2.60. The van der Waals surface area contributed by atoms with Crippen LogP contribution in [-0.4, -0.2) is 16.9 Å². The molecule has 2 aromatic carbocycles. The van der Waals surface area contributed by atoms with Crippen molar-refractivity contribution in [3.63, 3.8) is 0 Å². The number of hydrogen-bond acceptors (Lipinski definition) is 2. The van der Waals surface area contributed by atoms with Gasteiger partial charge in [0.2, 0.25) is 0 Å². The molecule has 2 nitrogen and oxygen atoms in total. The predicted octanol–water partition coefficient (Wildman–Crippen LogP) is 3.68. The summed E-state index contributed by atoms with van der Waals surface area (Å²) < 4.78 is 0. The molecule has 1 N–H and O–H groups in total. The topological polar surface area (TPSA) is 23.5 Å². The number of nitrogens with zero attached hydrogens (tertiary/aromatic N) is 1. The number of rotatable bonds is 3. The minimum Gasteiger partial charge on any atom is -0.437 e. The van der Waals surface area contributed by atoms with Gasteiger partial charge in [0.05, 0.1) is 0 Å². The summed E-state index contributed by atoms with van der Waals surface area (Å²) in [7, 11) is -0.437. The molecule has 0 amide bonds. The Kier molecular flexibility index (Phi) is 3.90. The van der Waals surface area contributed by atoms with E-state index in [9.17, 15) is 5.02 Å². The van der Waals surface area contributed by atoms with Crippen molar-refractivity contribution in [3.05, 3.63) is 71.8 Å². The summed E-state index contributed by atoms with van der Waals surface area (Å²) in [5, 5.41) is 10.2. The van der Waals surface area contributed by atoms with Crippen LogP contribution in [0.25, 0.3) is 0 Å². The van der Waals surface area contributed by atoms with Gasteiger partial charge in [-0.05, 0) is 30.8 Å². The molecule has 0 bridgehead atoms. The number of benzene rings is 2. The summed E-state index contributed by atoms with van der Waals surface area (Å²) in [4.78, 5) is 2.24. The van der Waals surface area contributed by atoms with Crippen LogP contribution < -0.4 is 0 Å². The van der Waals surface area contributed by atoms with E-state index in [2.05, 4.69) is 53.3 Å². The molecular formula is C17H20BNO. The maximum atomic E-state index is 10.2. The smallest absolute Gasteiger partial charge is 0.377 e. The van der Waals surface area contributed by atoms with Gasteiger partial charge in [-0.1, -0.05) is 60.7 Å². The lowest BCUT2D eigenvalue weighted by Gasteiger charge is -2.31. The Balaban J connectivity index is 1.92. The van der Waals surface area contributed by atoms with Crippen LogP contribution in [0.1, 0.15) is 36.1 Å². The molecule has 0 unspecified atom stereocenters. The van der Waals surface area contributed by atoms with Crippen LogP contribution >= 0.6 is 0 Å². The fourth-order valence-corrected chi connectivity index (χ4v) is 3.38. The molecule has 0 aromatic heterocycles. The average molecular weight is 265 g/mol. The van der Waals surface area contributed by atoms with Crippen molar-refractivity contribution in [2.75, 3.05) is 0 Å². The van der Waals surface area contributed by atoms with Crippen LogP contribution in [0.15, 0.2) is 60.7 Å². The maximum Gasteiger partial charge on any atom is 0.377 e. The minimum atomic E-state index is -0.437. The van der Waals surface area contributed by atoms with Crippen LogP contribution in [0.5, 0.6) is 0 Å². The van der Waals surface area contributed by atoms with Crippen molar-refractivity contribution in [2.45, 2.75) is 31.7 Å². The van der Waals surface area contributed by atoms with Crippen molar-refractivity contribution in [1.82, 2.24) is 4.81 Å². The molecule has 1 heterocycles. The summed E-state index contributed by atoms with van der Waals surface area (Å²) in [6, 6.07) is 21.6. The SMILES string of the molecule is CB(O)N1[C@@H](c2ccccc2)CC[C@H]1c1ccccc1. The molecule has 3 rings (SSSR count). The molecule has 0 spiro atoms. The zero-order valence-corrected chi connectivity index (χ0v) is 11.8. The highest BCUT2D eigenvalue weighted by atomic mass is 16.2. The Morgan fingerprint density at radius 3 is 1.60 bits per heavy atom. The summed E-state index contributed by atoms with van der Waals surface area (Å²) in [5.74, 6) is 0. The highest BCUT2D eigenvalue weighted by Crippen LogP contribution is 2.44. The van der Waals surface area contributed by atoms with Gasteiger partial charge in [-0.15, -0.1) is 0 Å². The largest absolute Gasteiger partial charge is 0.437 e. The van der Waals surface area contributed by atoms with Gasteiger partial charge in [0.15, 0.2) is 0 Å². The molecule has 3 heteroatoms. The van der Waals surface area contributed by atoms with Gasteiger partial charge >= 0.3 is 7.05 Å². The van der Waals surface area contributed by atoms with Crippen LogP contribution in [0, 0.1) is 0 Å². The summed E-state index contributed by atoms with van der Waals surface area (Å²) >= 11 is 0. The Morgan fingerprint density at radius 1 is 0.850 bits per heavy atom. The lowest BCUT2D eigenvalue weighted by Crippen LogP contribution is -2.38. The van der Waals surface area contributed by atoms with E-state index in [0.717, 1.165) is 12.8 Å². The first-order valence-corrected chi connectivity index (χ1v) is 7.33. The molecule has 1 saturated heterocycles. The standard InChI is InChI=1S/C17H20BNO/c1-18(20)19-16(14-8-4-2-5-9-14)12-13-17(19)15-10-6-3-7-11-15/h2-11,16-17,20H,12-13H2,1H3/t16-,17+. The van der Waals surface area contributed by atoms with E-state index in [0.29, 0.717) is 12.1 Å². The monoisotopic (exact) mass is 265 g/mol. The van der Waals surface area contributed by atoms with E-state index in [1.807, 2.05) is 19.0 Å². The van der Waals surface area contributed by atoms with E-state index in [1.165, 1.54) is 11.1 Å². The lowest BCUT2D eigenvalue weighted by molar-refractivity contribution is 0.290. The number of hydrogen-bond donors (Lipinski definition) is 1. The quantitative estimate of drug-likeness (QED) is 0.856. The third-order valence-corrected chi connectivity index (χ3v) is 4.23. The van der Waals surface area contributed by atoms with Crippen LogP contribution in [0.2, 0.25) is 6.82 Å². The first-order valence-electron chi connectivity index (χ1n) is 7.33. The fourth-order valence-electron chi connectivity index (χ4n) is 3.38. The lowest BCUT2D eigenvalue weighted by atomic mass is 9.81. The molecular weight excluding hydrogens is 245 g/mol. The minimum absolute atomic E-state index is 0.307.